The number of nitrogens with two attached hydrogens (primary N) is 1. The number of hydrogen-bond donors (Lipinski definition) is 1. The fourth-order valence-corrected chi connectivity index (χ4v) is 1.21. The van der Waals surface area contributed by atoms with E-state index in [1.165, 1.54) is 6.07 Å². The Morgan fingerprint density at radius 2 is 2.14 bits per heavy atom. The molecule has 0 saturated heterocycles. The first-order valence-electron chi connectivity index (χ1n) is 3.84. The van der Waals surface area contributed by atoms with E-state index in [-0.39, 0.29) is 12.0 Å². The Hall–Kier alpha value is -1.18. The van der Waals surface area contributed by atoms with Crippen molar-refractivity contribution in [2.24, 2.45) is 5.73 Å². The molecular formula is C9H7ClF2N2. The number of benzene rings is 1. The van der Waals surface area contributed by atoms with Crippen LogP contribution in [0.25, 0.3) is 0 Å². The molecule has 0 aromatic heterocycles. The normalized spacial score (nSPS) is 12.2. The van der Waals surface area contributed by atoms with Gasteiger partial charge in [-0.2, -0.15) is 5.26 Å². The average molecular weight is 217 g/mol. The van der Waals surface area contributed by atoms with Crippen LogP contribution in [-0.4, -0.2) is 0 Å². The van der Waals surface area contributed by atoms with Gasteiger partial charge in [0.2, 0.25) is 0 Å². The highest BCUT2D eigenvalue weighted by Crippen LogP contribution is 2.26. The van der Waals surface area contributed by atoms with Gasteiger partial charge in [0.05, 0.1) is 12.5 Å². The molecule has 1 atom stereocenters. The lowest BCUT2D eigenvalue weighted by Crippen LogP contribution is -2.11. The molecule has 1 aromatic rings. The summed E-state index contributed by atoms with van der Waals surface area (Å²) in [4.78, 5) is 0. The molecule has 0 fully saturated rings. The number of halogens is 3. The molecule has 0 unspecified atom stereocenters. The van der Waals surface area contributed by atoms with Crippen LogP contribution in [0.4, 0.5) is 8.78 Å². The summed E-state index contributed by atoms with van der Waals surface area (Å²) in [5.41, 5.74) is 5.54. The van der Waals surface area contributed by atoms with E-state index in [0.717, 1.165) is 6.07 Å². The van der Waals surface area contributed by atoms with Crippen molar-refractivity contribution in [3.63, 3.8) is 0 Å². The Morgan fingerprint density at radius 3 is 2.71 bits per heavy atom. The van der Waals surface area contributed by atoms with Gasteiger partial charge in [0.25, 0.3) is 0 Å². The third-order valence-electron chi connectivity index (χ3n) is 1.78. The van der Waals surface area contributed by atoms with Crippen LogP contribution in [0.3, 0.4) is 0 Å². The van der Waals surface area contributed by atoms with Gasteiger partial charge in [-0.1, -0.05) is 17.7 Å². The van der Waals surface area contributed by atoms with Crippen molar-refractivity contribution in [3.8, 4) is 6.07 Å². The van der Waals surface area contributed by atoms with E-state index >= 15 is 0 Å². The lowest BCUT2D eigenvalue weighted by molar-refractivity contribution is 0.557. The molecular weight excluding hydrogens is 210 g/mol. The highest BCUT2D eigenvalue weighted by molar-refractivity contribution is 6.30. The first kappa shape index (κ1) is 10.9. The van der Waals surface area contributed by atoms with Gasteiger partial charge >= 0.3 is 0 Å². The molecule has 0 bridgehead atoms. The fraction of sp³-hybridized carbons (Fsp3) is 0.222. The lowest BCUT2D eigenvalue weighted by atomic mass is 10.0. The second-order valence-corrected chi connectivity index (χ2v) is 3.11. The van der Waals surface area contributed by atoms with Crippen molar-refractivity contribution in [2.75, 3.05) is 0 Å². The number of nitriles is 1. The Bertz CT molecular complexity index is 387. The quantitative estimate of drug-likeness (QED) is 0.773. The Balaban J connectivity index is 3.12. The molecule has 2 nitrogen and oxygen atoms in total. The highest BCUT2D eigenvalue weighted by atomic mass is 35.5. The zero-order valence-electron chi connectivity index (χ0n) is 7.10. The minimum atomic E-state index is -0.894. The van der Waals surface area contributed by atoms with Crippen molar-refractivity contribution >= 4 is 11.6 Å². The Labute approximate surface area is 84.9 Å². The zero-order valence-corrected chi connectivity index (χ0v) is 7.85. The van der Waals surface area contributed by atoms with Gasteiger partial charge in [-0.3, -0.25) is 0 Å². The minimum absolute atomic E-state index is 0.0428. The molecule has 74 valence electrons. The summed E-state index contributed by atoms with van der Waals surface area (Å²) in [5.74, 6) is -1.73. The standard InChI is InChI=1S/C9H7ClF2N2/c10-8-6(11)2-1-5(9(8)12)7(14)3-4-13/h1-2,7H,3,14H2/t7-/m0/s1. The van der Waals surface area contributed by atoms with E-state index in [9.17, 15) is 8.78 Å². The molecule has 0 aliphatic heterocycles. The summed E-state index contributed by atoms with van der Waals surface area (Å²) >= 11 is 5.34. The third kappa shape index (κ3) is 2.00. The Kier molecular flexibility index (Phi) is 3.39. The van der Waals surface area contributed by atoms with Gasteiger partial charge in [-0.05, 0) is 6.07 Å². The van der Waals surface area contributed by atoms with Gasteiger partial charge < -0.3 is 5.73 Å². The van der Waals surface area contributed by atoms with Gasteiger partial charge in [-0.15, -0.1) is 0 Å². The van der Waals surface area contributed by atoms with Crippen molar-refractivity contribution in [1.82, 2.24) is 0 Å². The predicted octanol–water partition coefficient (Wildman–Crippen LogP) is 2.53. The number of nitrogens with zero attached hydrogens (tertiary/aromatic N) is 1. The Morgan fingerprint density at radius 1 is 1.50 bits per heavy atom. The zero-order chi connectivity index (χ0) is 10.7. The molecule has 5 heteroatoms. The maximum absolute atomic E-state index is 13.3. The average Bonchev–Trinajstić information content (AvgIpc) is 2.15. The van der Waals surface area contributed by atoms with Crippen LogP contribution < -0.4 is 5.73 Å². The van der Waals surface area contributed by atoms with Crippen molar-refractivity contribution in [3.05, 3.63) is 34.4 Å². The van der Waals surface area contributed by atoms with Crippen LogP contribution in [0.1, 0.15) is 18.0 Å². The van der Waals surface area contributed by atoms with E-state index < -0.39 is 22.7 Å². The summed E-state index contributed by atoms with van der Waals surface area (Å²) in [6.07, 6.45) is -0.0428. The molecule has 0 radical (unpaired) electrons. The van der Waals surface area contributed by atoms with Crippen molar-refractivity contribution < 1.29 is 8.78 Å². The second-order valence-electron chi connectivity index (χ2n) is 2.73. The van der Waals surface area contributed by atoms with E-state index in [4.69, 9.17) is 22.6 Å². The van der Waals surface area contributed by atoms with E-state index in [1.807, 2.05) is 0 Å². The molecule has 1 rings (SSSR count). The number of rotatable bonds is 2. The van der Waals surface area contributed by atoms with Crippen LogP contribution in [0.2, 0.25) is 5.02 Å². The van der Waals surface area contributed by atoms with Gasteiger partial charge in [0.15, 0.2) is 0 Å². The van der Waals surface area contributed by atoms with Crippen LogP contribution in [0.15, 0.2) is 12.1 Å². The van der Waals surface area contributed by atoms with Crippen LogP contribution in [-0.2, 0) is 0 Å². The first-order chi connectivity index (χ1) is 6.57. The SMILES string of the molecule is N#CC[C@H](N)c1ccc(F)c(Cl)c1F. The molecule has 0 spiro atoms. The molecule has 0 heterocycles. The largest absolute Gasteiger partial charge is 0.323 e. The van der Waals surface area contributed by atoms with Gasteiger partial charge in [0.1, 0.15) is 16.7 Å². The minimum Gasteiger partial charge on any atom is -0.323 e. The van der Waals surface area contributed by atoms with E-state index in [2.05, 4.69) is 0 Å². The van der Waals surface area contributed by atoms with Gasteiger partial charge in [0, 0.05) is 11.6 Å². The van der Waals surface area contributed by atoms with Crippen LogP contribution in [0, 0.1) is 23.0 Å². The van der Waals surface area contributed by atoms with Crippen molar-refractivity contribution in [2.45, 2.75) is 12.5 Å². The maximum Gasteiger partial charge on any atom is 0.149 e. The molecule has 0 saturated carbocycles. The molecule has 14 heavy (non-hydrogen) atoms. The molecule has 0 aliphatic carbocycles. The summed E-state index contributed by atoms with van der Waals surface area (Å²) < 4.78 is 26.0. The topological polar surface area (TPSA) is 49.8 Å². The maximum atomic E-state index is 13.3. The van der Waals surface area contributed by atoms with Crippen molar-refractivity contribution in [1.29, 1.82) is 5.26 Å². The highest BCUT2D eigenvalue weighted by Gasteiger charge is 2.16. The smallest absolute Gasteiger partial charge is 0.149 e. The third-order valence-corrected chi connectivity index (χ3v) is 2.12. The first-order valence-corrected chi connectivity index (χ1v) is 4.21. The van der Waals surface area contributed by atoms with E-state index in [1.54, 1.807) is 6.07 Å². The summed E-state index contributed by atoms with van der Waals surface area (Å²) in [7, 11) is 0. The molecule has 1 aromatic carbocycles. The lowest BCUT2D eigenvalue weighted by Gasteiger charge is -2.10. The summed E-state index contributed by atoms with van der Waals surface area (Å²) in [6.45, 7) is 0. The second kappa shape index (κ2) is 4.36. The summed E-state index contributed by atoms with van der Waals surface area (Å²) in [6, 6.07) is 3.24. The predicted molar refractivity (Wildman–Crippen MR) is 48.5 cm³/mol. The monoisotopic (exact) mass is 216 g/mol. The molecule has 0 amide bonds. The molecule has 0 aliphatic rings. The number of hydrogen-bond acceptors (Lipinski definition) is 2. The van der Waals surface area contributed by atoms with E-state index in [0.29, 0.717) is 0 Å². The molecule has 2 N–H and O–H groups in total. The fourth-order valence-electron chi connectivity index (χ4n) is 1.04. The van der Waals surface area contributed by atoms with Crippen LogP contribution in [0.5, 0.6) is 0 Å². The summed E-state index contributed by atoms with van der Waals surface area (Å²) in [5, 5.41) is 7.77. The van der Waals surface area contributed by atoms with Crippen LogP contribution >= 0.6 is 11.6 Å². The van der Waals surface area contributed by atoms with Gasteiger partial charge in [-0.25, -0.2) is 8.78 Å².